The fraction of sp³-hybridized carbons (Fsp3) is 0.929. The highest BCUT2D eigenvalue weighted by molar-refractivity contribution is 5.80. The maximum Gasteiger partial charge on any atom is 0.220 e. The van der Waals surface area contributed by atoms with Gasteiger partial charge in [0.2, 0.25) is 5.91 Å². The number of hydrogen-bond acceptors (Lipinski definition) is 1. The third-order valence-electron chi connectivity index (χ3n) is 5.53. The summed E-state index contributed by atoms with van der Waals surface area (Å²) in [6.07, 6.45) is 11.3. The van der Waals surface area contributed by atoms with Crippen LogP contribution in [0.15, 0.2) is 0 Å². The van der Waals surface area contributed by atoms with Crippen LogP contribution >= 0.6 is 0 Å². The molecule has 3 aliphatic rings. The van der Waals surface area contributed by atoms with Gasteiger partial charge in [0.1, 0.15) is 0 Å². The van der Waals surface area contributed by atoms with Gasteiger partial charge in [0, 0.05) is 12.0 Å². The number of amides is 1. The second kappa shape index (κ2) is 3.48. The fourth-order valence-electron chi connectivity index (χ4n) is 4.36. The molecule has 0 aromatic heterocycles. The molecule has 3 fully saturated rings. The van der Waals surface area contributed by atoms with E-state index in [0.29, 0.717) is 17.2 Å². The van der Waals surface area contributed by atoms with Gasteiger partial charge in [0.15, 0.2) is 0 Å². The van der Waals surface area contributed by atoms with Crippen LogP contribution in [-0.2, 0) is 4.79 Å². The van der Waals surface area contributed by atoms with Crippen LogP contribution in [0.4, 0.5) is 0 Å². The Balaban J connectivity index is 1.87. The molecule has 2 aliphatic carbocycles. The average molecular weight is 221 g/mol. The smallest absolute Gasteiger partial charge is 0.220 e. The summed E-state index contributed by atoms with van der Waals surface area (Å²) in [5.74, 6) is 0.976. The third kappa shape index (κ3) is 1.42. The van der Waals surface area contributed by atoms with Crippen molar-refractivity contribution in [2.24, 2.45) is 11.3 Å². The van der Waals surface area contributed by atoms with E-state index < -0.39 is 0 Å². The standard InChI is InChI=1S/C14H23NO/c1-2-13(8-9-13)11-10-12(16)15-14(11)6-4-3-5-7-14/h11H,2-10H2,1H3,(H,15,16). The highest BCUT2D eigenvalue weighted by Gasteiger charge is 2.59. The molecule has 1 heterocycles. The van der Waals surface area contributed by atoms with Gasteiger partial charge in [-0.2, -0.15) is 0 Å². The van der Waals surface area contributed by atoms with Gasteiger partial charge in [-0.25, -0.2) is 0 Å². The predicted octanol–water partition coefficient (Wildman–Crippen LogP) is 3.02. The molecule has 1 amide bonds. The fourth-order valence-corrected chi connectivity index (χ4v) is 4.36. The first kappa shape index (κ1) is 10.6. The van der Waals surface area contributed by atoms with E-state index in [2.05, 4.69) is 12.2 Å². The van der Waals surface area contributed by atoms with Crippen LogP contribution in [0.3, 0.4) is 0 Å². The Morgan fingerprint density at radius 2 is 1.88 bits per heavy atom. The first-order valence-corrected chi connectivity index (χ1v) is 7.02. The van der Waals surface area contributed by atoms with Gasteiger partial charge in [-0.1, -0.05) is 32.6 Å². The SMILES string of the molecule is CCC1(C2CC(=O)NC23CCCCC3)CC1. The molecule has 90 valence electrons. The molecule has 0 radical (unpaired) electrons. The summed E-state index contributed by atoms with van der Waals surface area (Å²) >= 11 is 0. The second-order valence-electron chi connectivity index (χ2n) is 6.24. The maximum atomic E-state index is 11.8. The van der Waals surface area contributed by atoms with Crippen molar-refractivity contribution in [2.45, 2.75) is 70.3 Å². The molecule has 1 spiro atoms. The van der Waals surface area contributed by atoms with E-state index in [-0.39, 0.29) is 5.54 Å². The lowest BCUT2D eigenvalue weighted by molar-refractivity contribution is -0.120. The van der Waals surface area contributed by atoms with Crippen LogP contribution in [0.1, 0.15) is 64.7 Å². The predicted molar refractivity (Wildman–Crippen MR) is 64.0 cm³/mol. The zero-order chi connectivity index (χ0) is 11.2. The second-order valence-corrected chi connectivity index (χ2v) is 6.24. The molecule has 1 unspecified atom stereocenters. The Labute approximate surface area is 98.2 Å². The van der Waals surface area contributed by atoms with Gasteiger partial charge in [-0.05, 0) is 37.0 Å². The number of carbonyl (C=O) groups is 1. The van der Waals surface area contributed by atoms with E-state index in [1.54, 1.807) is 0 Å². The van der Waals surface area contributed by atoms with Crippen molar-refractivity contribution in [1.82, 2.24) is 5.32 Å². The summed E-state index contributed by atoms with van der Waals surface area (Å²) in [5.41, 5.74) is 0.748. The van der Waals surface area contributed by atoms with Crippen molar-refractivity contribution < 1.29 is 4.79 Å². The highest BCUT2D eigenvalue weighted by atomic mass is 16.2. The number of hydrogen-bond donors (Lipinski definition) is 1. The van der Waals surface area contributed by atoms with Crippen molar-refractivity contribution in [1.29, 1.82) is 0 Å². The largest absolute Gasteiger partial charge is 0.350 e. The van der Waals surface area contributed by atoms with Gasteiger partial charge in [-0.15, -0.1) is 0 Å². The van der Waals surface area contributed by atoms with Crippen LogP contribution in [0, 0.1) is 11.3 Å². The molecule has 0 aromatic carbocycles. The van der Waals surface area contributed by atoms with Crippen LogP contribution in [0.5, 0.6) is 0 Å². The van der Waals surface area contributed by atoms with Crippen LogP contribution in [-0.4, -0.2) is 11.4 Å². The molecular weight excluding hydrogens is 198 g/mol. The van der Waals surface area contributed by atoms with Crippen molar-refractivity contribution in [3.05, 3.63) is 0 Å². The summed E-state index contributed by atoms with van der Waals surface area (Å²) in [6, 6.07) is 0. The summed E-state index contributed by atoms with van der Waals surface area (Å²) in [4.78, 5) is 11.8. The van der Waals surface area contributed by atoms with Crippen LogP contribution < -0.4 is 5.32 Å². The van der Waals surface area contributed by atoms with Crippen LogP contribution in [0.25, 0.3) is 0 Å². The van der Waals surface area contributed by atoms with E-state index >= 15 is 0 Å². The molecule has 0 aromatic rings. The minimum Gasteiger partial charge on any atom is -0.350 e. The Hall–Kier alpha value is -0.530. The summed E-state index contributed by atoms with van der Waals surface area (Å²) in [5, 5.41) is 3.36. The lowest BCUT2D eigenvalue weighted by Gasteiger charge is -2.42. The molecule has 0 bridgehead atoms. The summed E-state index contributed by atoms with van der Waals surface area (Å²) in [7, 11) is 0. The summed E-state index contributed by atoms with van der Waals surface area (Å²) < 4.78 is 0. The number of rotatable bonds is 2. The Morgan fingerprint density at radius 1 is 1.19 bits per heavy atom. The third-order valence-corrected chi connectivity index (χ3v) is 5.53. The molecule has 1 saturated heterocycles. The average Bonchev–Trinajstić information content (AvgIpc) is 3.02. The van der Waals surface area contributed by atoms with Gasteiger partial charge in [0.05, 0.1) is 0 Å². The lowest BCUT2D eigenvalue weighted by Crippen LogP contribution is -2.49. The van der Waals surface area contributed by atoms with Crippen LogP contribution in [0.2, 0.25) is 0 Å². The quantitative estimate of drug-likeness (QED) is 0.763. The van der Waals surface area contributed by atoms with E-state index in [0.717, 1.165) is 6.42 Å². The molecule has 2 saturated carbocycles. The zero-order valence-corrected chi connectivity index (χ0v) is 10.3. The van der Waals surface area contributed by atoms with E-state index in [4.69, 9.17) is 0 Å². The molecule has 1 atom stereocenters. The molecule has 3 rings (SSSR count). The van der Waals surface area contributed by atoms with Gasteiger partial charge < -0.3 is 5.32 Å². The molecule has 2 nitrogen and oxygen atoms in total. The molecule has 1 aliphatic heterocycles. The number of carbonyl (C=O) groups excluding carboxylic acids is 1. The number of nitrogens with one attached hydrogen (secondary N) is 1. The molecular formula is C14H23NO. The molecule has 16 heavy (non-hydrogen) atoms. The molecule has 2 heteroatoms. The monoisotopic (exact) mass is 221 g/mol. The van der Waals surface area contributed by atoms with Gasteiger partial charge >= 0.3 is 0 Å². The maximum absolute atomic E-state index is 11.8. The first-order chi connectivity index (χ1) is 7.71. The van der Waals surface area contributed by atoms with Crippen molar-refractivity contribution in [3.63, 3.8) is 0 Å². The normalized spacial score (nSPS) is 35.1. The van der Waals surface area contributed by atoms with Crippen molar-refractivity contribution >= 4 is 5.91 Å². The van der Waals surface area contributed by atoms with Crippen molar-refractivity contribution in [2.75, 3.05) is 0 Å². The van der Waals surface area contributed by atoms with Crippen molar-refractivity contribution in [3.8, 4) is 0 Å². The zero-order valence-electron chi connectivity index (χ0n) is 10.3. The minimum atomic E-state index is 0.210. The molecule has 1 N–H and O–H groups in total. The van der Waals surface area contributed by atoms with E-state index in [1.165, 1.54) is 51.4 Å². The Bertz CT molecular complexity index is 300. The highest BCUT2D eigenvalue weighted by Crippen LogP contribution is 2.62. The lowest BCUT2D eigenvalue weighted by atomic mass is 9.67. The minimum absolute atomic E-state index is 0.210. The van der Waals surface area contributed by atoms with Gasteiger partial charge in [0.25, 0.3) is 0 Å². The topological polar surface area (TPSA) is 29.1 Å². The Morgan fingerprint density at radius 3 is 2.44 bits per heavy atom. The summed E-state index contributed by atoms with van der Waals surface area (Å²) in [6.45, 7) is 2.31. The first-order valence-electron chi connectivity index (χ1n) is 7.02. The van der Waals surface area contributed by atoms with Gasteiger partial charge in [-0.3, -0.25) is 4.79 Å². The Kier molecular flexibility index (Phi) is 2.31. The van der Waals surface area contributed by atoms with E-state index in [1.807, 2.05) is 0 Å². The van der Waals surface area contributed by atoms with E-state index in [9.17, 15) is 4.79 Å².